The Hall–Kier alpha value is -0.513. The molecule has 0 aromatic carbocycles. The molecule has 0 heterocycles. The predicted molar refractivity (Wildman–Crippen MR) is 74.7 cm³/mol. The molecule has 3 nitrogen and oxygen atoms in total. The first-order valence-corrected chi connectivity index (χ1v) is 9.08. The minimum atomic E-state index is -1.15. The molecule has 0 unspecified atom stereocenters. The molecule has 0 aliphatic carbocycles. The summed E-state index contributed by atoms with van der Waals surface area (Å²) in [7, 11) is 0.0640. The number of carboxylic acid groups (broad SMARTS) is 1. The molecular formula is C13H28O3Si. The summed E-state index contributed by atoms with van der Waals surface area (Å²) >= 11 is 0. The third kappa shape index (κ3) is 7.42. The lowest BCUT2D eigenvalue weighted by Gasteiger charge is -2.30. The molecule has 0 saturated carbocycles. The molecule has 0 rings (SSSR count). The van der Waals surface area contributed by atoms with E-state index in [0.29, 0.717) is 11.6 Å². The Morgan fingerprint density at radius 2 is 1.76 bits per heavy atom. The van der Waals surface area contributed by atoms with Crippen LogP contribution in [0.4, 0.5) is 4.79 Å². The Bertz CT molecular complexity index is 195. The smallest absolute Gasteiger partial charge is 0.450 e. The quantitative estimate of drug-likeness (QED) is 0.369. The van der Waals surface area contributed by atoms with Crippen LogP contribution in [-0.4, -0.2) is 27.4 Å². The second-order valence-electron chi connectivity index (χ2n) is 4.84. The topological polar surface area (TPSA) is 46.5 Å². The Morgan fingerprint density at radius 1 is 1.18 bits per heavy atom. The van der Waals surface area contributed by atoms with Crippen molar-refractivity contribution in [1.29, 1.82) is 0 Å². The highest BCUT2D eigenvalue weighted by Gasteiger charge is 2.22. The van der Waals surface area contributed by atoms with Crippen LogP contribution in [0.3, 0.4) is 0 Å². The van der Waals surface area contributed by atoms with Gasteiger partial charge >= 0.3 is 6.16 Å². The SMILES string of the molecule is CCC(CC)(CCCCCCOC(=O)O)[SiH2]C. The lowest BCUT2D eigenvalue weighted by Crippen LogP contribution is -2.16. The van der Waals surface area contributed by atoms with Gasteiger partial charge in [0.2, 0.25) is 0 Å². The lowest BCUT2D eigenvalue weighted by atomic mass is 9.94. The average Bonchev–Trinajstić information content (AvgIpc) is 2.33. The van der Waals surface area contributed by atoms with Crippen LogP contribution in [0.25, 0.3) is 0 Å². The maximum atomic E-state index is 10.1. The third-order valence-corrected chi connectivity index (χ3v) is 6.93. The fourth-order valence-electron chi connectivity index (χ4n) is 2.40. The van der Waals surface area contributed by atoms with Crippen LogP contribution in [-0.2, 0) is 4.74 Å². The van der Waals surface area contributed by atoms with E-state index in [4.69, 9.17) is 5.11 Å². The van der Waals surface area contributed by atoms with Crippen LogP contribution in [0.2, 0.25) is 11.6 Å². The summed E-state index contributed by atoms with van der Waals surface area (Å²) in [6.07, 6.45) is 7.31. The zero-order valence-corrected chi connectivity index (χ0v) is 13.0. The summed E-state index contributed by atoms with van der Waals surface area (Å²) in [4.78, 5) is 10.1. The van der Waals surface area contributed by atoms with Gasteiger partial charge in [-0.1, -0.05) is 58.9 Å². The number of carbonyl (C=O) groups is 1. The van der Waals surface area contributed by atoms with Crippen molar-refractivity contribution in [1.82, 2.24) is 0 Å². The average molecular weight is 260 g/mol. The van der Waals surface area contributed by atoms with Crippen LogP contribution in [0.5, 0.6) is 0 Å². The van der Waals surface area contributed by atoms with Crippen LogP contribution < -0.4 is 0 Å². The molecule has 1 N–H and O–H groups in total. The van der Waals surface area contributed by atoms with Gasteiger partial charge in [0.15, 0.2) is 0 Å². The van der Waals surface area contributed by atoms with Gasteiger partial charge in [0.1, 0.15) is 0 Å². The van der Waals surface area contributed by atoms with Gasteiger partial charge in [-0.05, 0) is 11.5 Å². The van der Waals surface area contributed by atoms with Gasteiger partial charge in [0.05, 0.1) is 6.61 Å². The number of rotatable bonds is 10. The van der Waals surface area contributed by atoms with E-state index < -0.39 is 6.16 Å². The summed E-state index contributed by atoms with van der Waals surface area (Å²) in [5.41, 5.74) is 0. The standard InChI is InChI=1S/C13H28O3Si/c1-4-13(5-2,17-3)10-8-6-7-9-11-16-12(14)15/h4-11,17H2,1-3H3,(H,14,15). The van der Waals surface area contributed by atoms with Crippen molar-refractivity contribution in [3.8, 4) is 0 Å². The van der Waals surface area contributed by atoms with Crippen molar-refractivity contribution in [3.63, 3.8) is 0 Å². The zero-order valence-electron chi connectivity index (χ0n) is 11.6. The molecule has 0 aliphatic heterocycles. The van der Waals surface area contributed by atoms with E-state index in [1.807, 2.05) is 0 Å². The van der Waals surface area contributed by atoms with Crippen molar-refractivity contribution >= 4 is 15.7 Å². The predicted octanol–water partition coefficient (Wildman–Crippen LogP) is 3.83. The van der Waals surface area contributed by atoms with E-state index in [-0.39, 0.29) is 9.52 Å². The Labute approximate surface area is 108 Å². The van der Waals surface area contributed by atoms with E-state index >= 15 is 0 Å². The zero-order chi connectivity index (χ0) is 13.1. The van der Waals surface area contributed by atoms with Gasteiger partial charge in [0, 0.05) is 9.52 Å². The summed E-state index contributed by atoms with van der Waals surface area (Å²) in [6.45, 7) is 7.42. The van der Waals surface area contributed by atoms with Crippen LogP contribution >= 0.6 is 0 Å². The fourth-order valence-corrected chi connectivity index (χ4v) is 4.00. The lowest BCUT2D eigenvalue weighted by molar-refractivity contribution is 0.0899. The Morgan fingerprint density at radius 3 is 2.24 bits per heavy atom. The first kappa shape index (κ1) is 16.5. The van der Waals surface area contributed by atoms with Crippen molar-refractivity contribution in [3.05, 3.63) is 0 Å². The van der Waals surface area contributed by atoms with Gasteiger partial charge in [-0.2, -0.15) is 0 Å². The van der Waals surface area contributed by atoms with E-state index in [2.05, 4.69) is 25.1 Å². The Kier molecular flexibility index (Phi) is 9.22. The number of hydrogen-bond acceptors (Lipinski definition) is 2. The van der Waals surface area contributed by atoms with Crippen molar-refractivity contribution < 1.29 is 14.6 Å². The van der Waals surface area contributed by atoms with Crippen LogP contribution in [0.1, 0.15) is 58.8 Å². The van der Waals surface area contributed by atoms with E-state index in [0.717, 1.165) is 12.8 Å². The van der Waals surface area contributed by atoms with E-state index in [1.165, 1.54) is 32.1 Å². The molecule has 17 heavy (non-hydrogen) atoms. The summed E-state index contributed by atoms with van der Waals surface area (Å²) in [5, 5.41) is 8.98. The minimum absolute atomic E-state index is 0.0640. The highest BCUT2D eigenvalue weighted by atomic mass is 28.2. The monoisotopic (exact) mass is 260 g/mol. The second-order valence-corrected chi connectivity index (χ2v) is 7.05. The minimum Gasteiger partial charge on any atom is -0.450 e. The molecule has 0 atom stereocenters. The molecule has 0 bridgehead atoms. The summed E-state index contributed by atoms with van der Waals surface area (Å²) in [6, 6.07) is 0. The maximum absolute atomic E-state index is 10.1. The fraction of sp³-hybridized carbons (Fsp3) is 0.923. The molecule has 0 aromatic heterocycles. The van der Waals surface area contributed by atoms with Crippen molar-refractivity contribution in [2.45, 2.75) is 70.4 Å². The maximum Gasteiger partial charge on any atom is 0.505 e. The molecule has 0 radical (unpaired) electrons. The van der Waals surface area contributed by atoms with Gasteiger partial charge in [-0.3, -0.25) is 0 Å². The number of ether oxygens (including phenoxy) is 1. The largest absolute Gasteiger partial charge is 0.505 e. The first-order chi connectivity index (χ1) is 8.10. The van der Waals surface area contributed by atoms with Gasteiger partial charge < -0.3 is 9.84 Å². The van der Waals surface area contributed by atoms with Crippen LogP contribution in [0.15, 0.2) is 0 Å². The first-order valence-electron chi connectivity index (χ1n) is 6.96. The highest BCUT2D eigenvalue weighted by molar-refractivity contribution is 6.38. The molecule has 4 heteroatoms. The number of hydrogen-bond donors (Lipinski definition) is 1. The molecule has 0 aromatic rings. The van der Waals surface area contributed by atoms with Crippen molar-refractivity contribution in [2.24, 2.45) is 0 Å². The molecule has 0 aliphatic rings. The van der Waals surface area contributed by atoms with Crippen LogP contribution in [0, 0.1) is 0 Å². The number of unbranched alkanes of at least 4 members (excludes halogenated alkanes) is 3. The highest BCUT2D eigenvalue weighted by Crippen LogP contribution is 2.39. The molecule has 0 amide bonds. The molecule has 0 fully saturated rings. The van der Waals surface area contributed by atoms with Gasteiger partial charge in [-0.15, -0.1) is 0 Å². The second kappa shape index (κ2) is 9.51. The van der Waals surface area contributed by atoms with Gasteiger partial charge in [-0.25, -0.2) is 4.79 Å². The van der Waals surface area contributed by atoms with Gasteiger partial charge in [0.25, 0.3) is 0 Å². The summed E-state index contributed by atoms with van der Waals surface area (Å²) < 4.78 is 4.48. The van der Waals surface area contributed by atoms with E-state index in [9.17, 15) is 4.79 Å². The molecule has 0 saturated heterocycles. The summed E-state index contributed by atoms with van der Waals surface area (Å²) in [5.74, 6) is 0. The normalized spacial score (nSPS) is 12.2. The Balaban J connectivity index is 3.52. The molecule has 102 valence electrons. The van der Waals surface area contributed by atoms with Crippen molar-refractivity contribution in [2.75, 3.05) is 6.61 Å². The molecule has 0 spiro atoms. The van der Waals surface area contributed by atoms with E-state index in [1.54, 1.807) is 0 Å². The molecular weight excluding hydrogens is 232 g/mol. The third-order valence-electron chi connectivity index (χ3n) is 4.08.